The van der Waals surface area contributed by atoms with Crippen molar-refractivity contribution in [3.63, 3.8) is 0 Å². The molecule has 3 unspecified atom stereocenters. The Balaban J connectivity index is 4.65. The molecule has 1 amide bonds. The van der Waals surface area contributed by atoms with Crippen LogP contribution in [0.3, 0.4) is 0 Å². The Bertz CT molecular complexity index is 1010. The molecular formula is C50H89NO5. The highest BCUT2D eigenvalue weighted by Gasteiger charge is 2.23. The summed E-state index contributed by atoms with van der Waals surface area (Å²) in [7, 11) is 0. The standard InChI is InChI=1S/C50H89NO5/c1-4-7-10-13-16-19-22-23-24-25-26-28-31-34-37-40-43-50(55)56-46(41-38-35-32-29-27-20-17-14-11-8-5-2)44-49(54)51-47(45-52)48(53)42-39-36-33-30-21-18-15-12-9-6-3/h8,11,14,17,20,27,29,32,35,38,46-48,52-53H,4-7,9-10,12-13,15-16,18-19,21-26,28,30-31,33-34,36-37,39-45H2,1-3H3,(H,51,54)/b11-8+,17-14+,27-20-,32-29-,38-35+. The molecule has 6 heteroatoms. The van der Waals surface area contributed by atoms with Crippen molar-refractivity contribution >= 4 is 11.9 Å². The van der Waals surface area contributed by atoms with Gasteiger partial charge >= 0.3 is 5.97 Å². The van der Waals surface area contributed by atoms with Crippen molar-refractivity contribution in [1.82, 2.24) is 5.32 Å². The molecular weight excluding hydrogens is 695 g/mol. The van der Waals surface area contributed by atoms with Gasteiger partial charge in [-0.25, -0.2) is 0 Å². The Hall–Kier alpha value is -2.44. The highest BCUT2D eigenvalue weighted by molar-refractivity contribution is 5.77. The molecule has 0 aromatic carbocycles. The minimum absolute atomic E-state index is 0.0177. The molecule has 0 aliphatic carbocycles. The van der Waals surface area contributed by atoms with Crippen molar-refractivity contribution in [1.29, 1.82) is 0 Å². The number of aliphatic hydroxyl groups excluding tert-OH is 2. The van der Waals surface area contributed by atoms with Gasteiger partial charge in [0.1, 0.15) is 6.10 Å². The number of nitrogens with one attached hydrogen (secondary N) is 1. The van der Waals surface area contributed by atoms with Crippen LogP contribution >= 0.6 is 0 Å². The van der Waals surface area contributed by atoms with E-state index in [0.29, 0.717) is 19.3 Å². The fourth-order valence-corrected chi connectivity index (χ4v) is 6.92. The number of aliphatic hydroxyl groups is 2. The minimum atomic E-state index is -0.815. The topological polar surface area (TPSA) is 95.9 Å². The summed E-state index contributed by atoms with van der Waals surface area (Å²) in [5, 5.41) is 23.5. The van der Waals surface area contributed by atoms with E-state index in [1.165, 1.54) is 128 Å². The van der Waals surface area contributed by atoms with Crippen molar-refractivity contribution in [3.05, 3.63) is 60.8 Å². The first-order valence-corrected chi connectivity index (χ1v) is 23.6. The summed E-state index contributed by atoms with van der Waals surface area (Å²) in [4.78, 5) is 25.9. The van der Waals surface area contributed by atoms with E-state index >= 15 is 0 Å². The first kappa shape index (κ1) is 53.6. The SMILES string of the molecule is CC/C=C/C=C/C=C\C=C/C=C/CC(CC(=O)NC(CO)C(O)CCCCCCCCCCCC)OC(=O)CCCCCCCCCCCCCCCCCC. The van der Waals surface area contributed by atoms with Crippen LogP contribution in [0.1, 0.15) is 220 Å². The number of carbonyl (C=O) groups is 2. The van der Waals surface area contributed by atoms with E-state index in [1.807, 2.05) is 54.7 Å². The molecule has 0 radical (unpaired) electrons. The van der Waals surface area contributed by atoms with Gasteiger partial charge in [0, 0.05) is 12.8 Å². The Labute approximate surface area is 346 Å². The monoisotopic (exact) mass is 784 g/mol. The van der Waals surface area contributed by atoms with E-state index in [-0.39, 0.29) is 24.9 Å². The number of ether oxygens (including phenoxy) is 1. The zero-order valence-electron chi connectivity index (χ0n) is 36.8. The van der Waals surface area contributed by atoms with Gasteiger partial charge < -0.3 is 20.3 Å². The lowest BCUT2D eigenvalue weighted by Crippen LogP contribution is -2.46. The fourth-order valence-electron chi connectivity index (χ4n) is 6.92. The first-order valence-electron chi connectivity index (χ1n) is 23.6. The predicted octanol–water partition coefficient (Wildman–Crippen LogP) is 13.7. The van der Waals surface area contributed by atoms with Crippen LogP contribution in [-0.2, 0) is 14.3 Å². The number of hydrogen-bond donors (Lipinski definition) is 3. The minimum Gasteiger partial charge on any atom is -0.461 e. The van der Waals surface area contributed by atoms with Crippen LogP contribution in [0.5, 0.6) is 0 Å². The van der Waals surface area contributed by atoms with E-state index in [2.05, 4.69) is 32.2 Å². The van der Waals surface area contributed by atoms with E-state index in [0.717, 1.165) is 44.9 Å². The van der Waals surface area contributed by atoms with Gasteiger partial charge in [-0.3, -0.25) is 9.59 Å². The van der Waals surface area contributed by atoms with Crippen LogP contribution in [0.2, 0.25) is 0 Å². The van der Waals surface area contributed by atoms with Crippen molar-refractivity contribution in [2.45, 2.75) is 238 Å². The predicted molar refractivity (Wildman–Crippen MR) is 241 cm³/mol. The number of carbonyl (C=O) groups excluding carboxylic acids is 2. The Morgan fingerprint density at radius 3 is 1.36 bits per heavy atom. The maximum Gasteiger partial charge on any atom is 0.306 e. The molecule has 3 atom stereocenters. The lowest BCUT2D eigenvalue weighted by molar-refractivity contribution is -0.150. The van der Waals surface area contributed by atoms with Crippen LogP contribution in [0, 0.1) is 0 Å². The van der Waals surface area contributed by atoms with Gasteiger partial charge in [-0.05, 0) is 19.3 Å². The van der Waals surface area contributed by atoms with Gasteiger partial charge in [0.15, 0.2) is 0 Å². The summed E-state index contributed by atoms with van der Waals surface area (Å²) in [5.41, 5.74) is 0. The van der Waals surface area contributed by atoms with E-state index in [9.17, 15) is 19.8 Å². The van der Waals surface area contributed by atoms with Crippen LogP contribution in [-0.4, -0.2) is 46.9 Å². The molecule has 0 heterocycles. The molecule has 324 valence electrons. The van der Waals surface area contributed by atoms with E-state index in [1.54, 1.807) is 0 Å². The lowest BCUT2D eigenvalue weighted by atomic mass is 10.0. The molecule has 0 aliphatic heterocycles. The summed E-state index contributed by atoms with van der Waals surface area (Å²) in [6.07, 6.45) is 53.1. The second-order valence-electron chi connectivity index (χ2n) is 15.9. The summed E-state index contributed by atoms with van der Waals surface area (Å²) < 4.78 is 5.82. The Morgan fingerprint density at radius 1 is 0.536 bits per heavy atom. The summed E-state index contributed by atoms with van der Waals surface area (Å²) in [6, 6.07) is -0.737. The maximum atomic E-state index is 13.1. The van der Waals surface area contributed by atoms with Crippen molar-refractivity contribution in [2.24, 2.45) is 0 Å². The van der Waals surface area contributed by atoms with E-state index < -0.39 is 18.2 Å². The lowest BCUT2D eigenvalue weighted by Gasteiger charge is -2.24. The summed E-state index contributed by atoms with van der Waals surface area (Å²) >= 11 is 0. The number of amides is 1. The van der Waals surface area contributed by atoms with Gasteiger partial charge in [-0.2, -0.15) is 0 Å². The molecule has 56 heavy (non-hydrogen) atoms. The fraction of sp³-hybridized carbons (Fsp3) is 0.760. The molecule has 3 N–H and O–H groups in total. The molecule has 0 aliphatic rings. The average Bonchev–Trinajstić information content (AvgIpc) is 3.19. The van der Waals surface area contributed by atoms with Crippen LogP contribution < -0.4 is 5.32 Å². The zero-order valence-corrected chi connectivity index (χ0v) is 36.8. The number of hydrogen-bond acceptors (Lipinski definition) is 5. The highest BCUT2D eigenvalue weighted by atomic mass is 16.5. The summed E-state index contributed by atoms with van der Waals surface area (Å²) in [5.74, 6) is -0.606. The van der Waals surface area contributed by atoms with E-state index in [4.69, 9.17) is 4.74 Å². The largest absolute Gasteiger partial charge is 0.461 e. The molecule has 0 fully saturated rings. The van der Waals surface area contributed by atoms with Gasteiger partial charge in [0.05, 0.1) is 25.2 Å². The molecule has 0 rings (SSSR count). The summed E-state index contributed by atoms with van der Waals surface area (Å²) in [6.45, 7) is 6.28. The average molecular weight is 784 g/mol. The molecule has 6 nitrogen and oxygen atoms in total. The smallest absolute Gasteiger partial charge is 0.306 e. The van der Waals surface area contributed by atoms with Gasteiger partial charge in [0.25, 0.3) is 0 Å². The number of unbranched alkanes of at least 4 members (excludes halogenated alkanes) is 24. The Morgan fingerprint density at radius 2 is 0.929 bits per heavy atom. The zero-order chi connectivity index (χ0) is 41.0. The third-order valence-electron chi connectivity index (χ3n) is 10.5. The van der Waals surface area contributed by atoms with Gasteiger partial charge in [-0.15, -0.1) is 0 Å². The van der Waals surface area contributed by atoms with Gasteiger partial charge in [0.2, 0.25) is 5.91 Å². The van der Waals surface area contributed by atoms with Crippen molar-refractivity contribution in [2.75, 3.05) is 6.61 Å². The quantitative estimate of drug-likeness (QED) is 0.0326. The van der Waals surface area contributed by atoms with Crippen LogP contribution in [0.15, 0.2) is 60.8 Å². The van der Waals surface area contributed by atoms with Crippen molar-refractivity contribution < 1.29 is 24.5 Å². The van der Waals surface area contributed by atoms with Crippen LogP contribution in [0.4, 0.5) is 0 Å². The molecule has 0 bridgehead atoms. The van der Waals surface area contributed by atoms with Crippen LogP contribution in [0.25, 0.3) is 0 Å². The number of allylic oxidation sites excluding steroid dienone is 9. The second kappa shape index (κ2) is 43.7. The number of rotatable bonds is 41. The molecule has 0 saturated heterocycles. The Kier molecular flexibility index (Phi) is 41.8. The molecule has 0 aromatic rings. The third kappa shape index (κ3) is 38.4. The van der Waals surface area contributed by atoms with Gasteiger partial charge in [-0.1, -0.05) is 242 Å². The highest BCUT2D eigenvalue weighted by Crippen LogP contribution is 2.16. The molecule has 0 spiro atoms. The maximum absolute atomic E-state index is 13.1. The first-order chi connectivity index (χ1) is 27.5. The third-order valence-corrected chi connectivity index (χ3v) is 10.5. The molecule has 0 saturated carbocycles. The number of esters is 1. The van der Waals surface area contributed by atoms with Crippen molar-refractivity contribution in [3.8, 4) is 0 Å². The molecule has 0 aromatic heterocycles. The normalized spacial score (nSPS) is 13.9. The second-order valence-corrected chi connectivity index (χ2v) is 15.9.